The highest BCUT2D eigenvalue weighted by Crippen LogP contribution is 2.51. The fraction of sp³-hybridized carbons (Fsp3) is 0.333. The fourth-order valence-electron chi connectivity index (χ4n) is 4.49. The summed E-state index contributed by atoms with van der Waals surface area (Å²) in [6.45, 7) is 6.09. The maximum atomic E-state index is 13.8. The molecule has 1 aliphatic heterocycles. The van der Waals surface area contributed by atoms with Crippen molar-refractivity contribution in [1.29, 1.82) is 0 Å². The minimum Gasteiger partial charge on any atom is -0.448 e. The van der Waals surface area contributed by atoms with Crippen molar-refractivity contribution >= 4 is 34.6 Å². The predicted octanol–water partition coefficient (Wildman–Crippen LogP) is 5.39. The van der Waals surface area contributed by atoms with E-state index in [1.165, 1.54) is 10.6 Å². The van der Waals surface area contributed by atoms with Gasteiger partial charge in [0.25, 0.3) is 5.79 Å². The lowest BCUT2D eigenvalue weighted by atomic mass is 10.2. The molecule has 2 aliphatic rings. The van der Waals surface area contributed by atoms with Crippen molar-refractivity contribution in [2.75, 3.05) is 0 Å². The lowest BCUT2D eigenvalue weighted by Crippen LogP contribution is -2.36. The van der Waals surface area contributed by atoms with E-state index in [2.05, 4.69) is 48.5 Å². The van der Waals surface area contributed by atoms with E-state index in [4.69, 9.17) is 9.47 Å². The summed E-state index contributed by atoms with van der Waals surface area (Å²) >= 11 is 0. The third-order valence-corrected chi connectivity index (χ3v) is 10.5. The first-order valence-corrected chi connectivity index (χ1v) is 13.7. The van der Waals surface area contributed by atoms with E-state index in [1.54, 1.807) is 0 Å². The molecule has 166 valence electrons. The average molecular weight is 465 g/mol. The molecule has 1 fully saturated rings. The quantitative estimate of drug-likeness (QED) is 0.486. The standard InChI is InChI=1S/C27H29O3PS/c1-26(2,3)32(28)23-17-16-22-24(30-27(29-22)18-10-11-19-27)25(23)31(20-12-6-4-7-13-20)21-14-8-5-9-15-21/h4-9,12-17H,10-11,18-19H2,1-3H3. The van der Waals surface area contributed by atoms with Gasteiger partial charge >= 0.3 is 0 Å². The number of benzene rings is 3. The first kappa shape index (κ1) is 21.7. The van der Waals surface area contributed by atoms with E-state index >= 15 is 0 Å². The summed E-state index contributed by atoms with van der Waals surface area (Å²) in [6, 6.07) is 25.0. The van der Waals surface area contributed by atoms with Gasteiger partial charge in [-0.3, -0.25) is 4.21 Å². The molecule has 3 nitrogen and oxygen atoms in total. The van der Waals surface area contributed by atoms with Crippen LogP contribution in [0.1, 0.15) is 46.5 Å². The van der Waals surface area contributed by atoms with Crippen LogP contribution in [0.15, 0.2) is 77.7 Å². The Hall–Kier alpha value is -2.16. The van der Waals surface area contributed by atoms with E-state index in [1.807, 2.05) is 45.0 Å². The SMILES string of the molecule is CC(C)(C)S(=O)c1ccc2c(c1P(c1ccccc1)c1ccccc1)OC1(CCCC1)O2. The lowest BCUT2D eigenvalue weighted by Gasteiger charge is -2.27. The maximum absolute atomic E-state index is 13.8. The van der Waals surface area contributed by atoms with Gasteiger partial charge in [0, 0.05) is 22.9 Å². The van der Waals surface area contributed by atoms with Gasteiger partial charge in [0.05, 0.1) is 15.7 Å². The molecule has 3 aromatic carbocycles. The molecule has 0 aromatic heterocycles. The highest BCUT2D eigenvalue weighted by Gasteiger charge is 2.47. The van der Waals surface area contributed by atoms with Crippen LogP contribution in [0.25, 0.3) is 0 Å². The molecule has 0 N–H and O–H groups in total. The lowest BCUT2D eigenvalue weighted by molar-refractivity contribution is -0.0712. The molecule has 1 atom stereocenters. The highest BCUT2D eigenvalue weighted by atomic mass is 32.2. The van der Waals surface area contributed by atoms with Crippen LogP contribution >= 0.6 is 7.92 Å². The third kappa shape index (κ3) is 3.89. The Bertz CT molecular complexity index is 1090. The zero-order valence-electron chi connectivity index (χ0n) is 18.8. The molecular formula is C27H29O3PS. The van der Waals surface area contributed by atoms with Gasteiger partial charge in [0.15, 0.2) is 11.5 Å². The van der Waals surface area contributed by atoms with Crippen LogP contribution in [0.2, 0.25) is 0 Å². The first-order chi connectivity index (χ1) is 15.4. The van der Waals surface area contributed by atoms with Gasteiger partial charge in [-0.1, -0.05) is 60.7 Å². The molecule has 32 heavy (non-hydrogen) atoms. The van der Waals surface area contributed by atoms with E-state index in [0.717, 1.165) is 47.4 Å². The third-order valence-electron chi connectivity index (χ3n) is 6.02. The summed E-state index contributed by atoms with van der Waals surface area (Å²) in [6.07, 6.45) is 4.01. The molecule has 1 saturated carbocycles. The van der Waals surface area contributed by atoms with Gasteiger partial charge in [-0.2, -0.15) is 0 Å². The van der Waals surface area contributed by atoms with Crippen LogP contribution in [0.5, 0.6) is 11.5 Å². The summed E-state index contributed by atoms with van der Waals surface area (Å²) in [4.78, 5) is 0.855. The van der Waals surface area contributed by atoms with Crippen molar-refractivity contribution in [3.05, 3.63) is 72.8 Å². The maximum Gasteiger partial charge on any atom is 0.251 e. The Morgan fingerprint density at radius 1 is 0.812 bits per heavy atom. The molecule has 1 heterocycles. The van der Waals surface area contributed by atoms with Crippen LogP contribution in [-0.4, -0.2) is 14.7 Å². The Morgan fingerprint density at radius 3 is 1.91 bits per heavy atom. The molecule has 1 spiro atoms. The summed E-state index contributed by atoms with van der Waals surface area (Å²) in [5.41, 5.74) is 0. The molecule has 0 saturated heterocycles. The Labute approximate surface area is 194 Å². The molecular weight excluding hydrogens is 435 g/mol. The number of ether oxygens (including phenoxy) is 2. The zero-order chi connectivity index (χ0) is 22.3. The van der Waals surface area contributed by atoms with Crippen molar-refractivity contribution in [3.8, 4) is 11.5 Å². The van der Waals surface area contributed by atoms with Crippen LogP contribution in [0.4, 0.5) is 0 Å². The Morgan fingerprint density at radius 2 is 1.38 bits per heavy atom. The summed E-state index contributed by atoms with van der Waals surface area (Å²) < 4.78 is 26.5. The van der Waals surface area contributed by atoms with Crippen LogP contribution in [0.3, 0.4) is 0 Å². The number of hydrogen-bond acceptors (Lipinski definition) is 3. The smallest absolute Gasteiger partial charge is 0.251 e. The van der Waals surface area contributed by atoms with E-state index < -0.39 is 24.5 Å². The van der Waals surface area contributed by atoms with Gasteiger partial charge in [-0.25, -0.2) is 0 Å². The second-order valence-corrected chi connectivity index (χ2v) is 13.8. The minimum absolute atomic E-state index is 0.387. The van der Waals surface area contributed by atoms with E-state index in [0.29, 0.717) is 0 Å². The van der Waals surface area contributed by atoms with Gasteiger partial charge in [-0.05, 0) is 64.3 Å². The number of rotatable bonds is 4. The topological polar surface area (TPSA) is 35.5 Å². The summed E-state index contributed by atoms with van der Waals surface area (Å²) in [7, 11) is -2.18. The van der Waals surface area contributed by atoms with E-state index in [-0.39, 0.29) is 4.75 Å². The first-order valence-electron chi connectivity index (χ1n) is 11.3. The van der Waals surface area contributed by atoms with Crippen LogP contribution < -0.4 is 25.4 Å². The van der Waals surface area contributed by atoms with Gasteiger partial charge in [0.1, 0.15) is 0 Å². The van der Waals surface area contributed by atoms with Crippen molar-refractivity contribution < 1.29 is 13.7 Å². The summed E-state index contributed by atoms with van der Waals surface area (Å²) in [5, 5.41) is 3.46. The minimum atomic E-state index is -1.21. The van der Waals surface area contributed by atoms with Gasteiger partial charge in [0.2, 0.25) is 0 Å². The molecule has 1 unspecified atom stereocenters. The molecule has 1 aliphatic carbocycles. The summed E-state index contributed by atoms with van der Waals surface area (Å²) in [5.74, 6) is 1.02. The molecule has 0 radical (unpaired) electrons. The number of fused-ring (bicyclic) bond motifs is 1. The second-order valence-electron chi connectivity index (χ2n) is 9.45. The molecule has 0 bridgehead atoms. The fourth-order valence-corrected chi connectivity index (χ4v) is 8.54. The zero-order valence-corrected chi connectivity index (χ0v) is 20.5. The second kappa shape index (κ2) is 8.32. The molecule has 5 rings (SSSR count). The van der Waals surface area contributed by atoms with Crippen molar-refractivity contribution in [3.63, 3.8) is 0 Å². The van der Waals surface area contributed by atoms with Gasteiger partial charge in [-0.15, -0.1) is 0 Å². The van der Waals surface area contributed by atoms with Gasteiger partial charge < -0.3 is 9.47 Å². The Balaban J connectivity index is 1.77. The molecule has 0 amide bonds. The highest BCUT2D eigenvalue weighted by molar-refractivity contribution is 7.88. The Kier molecular flexibility index (Phi) is 5.63. The largest absolute Gasteiger partial charge is 0.448 e. The normalized spacial score (nSPS) is 17.8. The number of hydrogen-bond donors (Lipinski definition) is 0. The average Bonchev–Trinajstić information content (AvgIpc) is 3.40. The van der Waals surface area contributed by atoms with Crippen molar-refractivity contribution in [1.82, 2.24) is 0 Å². The van der Waals surface area contributed by atoms with Crippen molar-refractivity contribution in [2.45, 2.75) is 61.9 Å². The van der Waals surface area contributed by atoms with Crippen molar-refractivity contribution in [2.24, 2.45) is 0 Å². The molecule has 3 aromatic rings. The van der Waals surface area contributed by atoms with Crippen LogP contribution in [0, 0.1) is 0 Å². The monoisotopic (exact) mass is 464 g/mol. The van der Waals surface area contributed by atoms with E-state index in [9.17, 15) is 4.21 Å². The van der Waals surface area contributed by atoms with Crippen LogP contribution in [-0.2, 0) is 10.8 Å². The molecule has 5 heteroatoms. The predicted molar refractivity (Wildman–Crippen MR) is 134 cm³/mol.